The van der Waals surface area contributed by atoms with Gasteiger partial charge in [-0.15, -0.1) is 10.2 Å². The molecule has 78 valence electrons. The van der Waals surface area contributed by atoms with E-state index in [0.29, 0.717) is 5.13 Å². The van der Waals surface area contributed by atoms with Crippen LogP contribution in [0.5, 0.6) is 5.75 Å². The number of anilines is 1. The number of methoxy groups -OCH3 is 1. The van der Waals surface area contributed by atoms with Crippen LogP contribution in [-0.4, -0.2) is 17.3 Å². The molecule has 0 amide bonds. The maximum absolute atomic E-state index is 5.55. The van der Waals surface area contributed by atoms with Crippen LogP contribution < -0.4 is 10.5 Å². The zero-order chi connectivity index (χ0) is 10.8. The maximum Gasteiger partial charge on any atom is 0.203 e. The van der Waals surface area contributed by atoms with Crippen LogP contribution in [0.25, 0.3) is 10.6 Å². The van der Waals surface area contributed by atoms with Crippen molar-refractivity contribution in [2.45, 2.75) is 6.92 Å². The van der Waals surface area contributed by atoms with Gasteiger partial charge in [-0.2, -0.15) is 0 Å². The third-order valence-corrected chi connectivity index (χ3v) is 2.81. The highest BCUT2D eigenvalue weighted by Crippen LogP contribution is 2.33. The number of aryl methyl sites for hydroxylation is 1. The van der Waals surface area contributed by atoms with E-state index < -0.39 is 0 Å². The molecule has 0 saturated heterocycles. The third kappa shape index (κ3) is 1.92. The summed E-state index contributed by atoms with van der Waals surface area (Å²) in [6.45, 7) is 2.02. The first-order chi connectivity index (χ1) is 7.20. The van der Waals surface area contributed by atoms with Gasteiger partial charge in [-0.25, -0.2) is 0 Å². The number of nitrogens with two attached hydrogens (primary N) is 1. The second-order valence-electron chi connectivity index (χ2n) is 3.15. The van der Waals surface area contributed by atoms with E-state index in [1.807, 2.05) is 25.1 Å². The number of nitrogen functional groups attached to an aromatic ring is 1. The van der Waals surface area contributed by atoms with Crippen molar-refractivity contribution in [2.75, 3.05) is 12.8 Å². The maximum atomic E-state index is 5.55. The number of benzene rings is 1. The van der Waals surface area contributed by atoms with E-state index >= 15 is 0 Å². The van der Waals surface area contributed by atoms with E-state index in [2.05, 4.69) is 10.2 Å². The van der Waals surface area contributed by atoms with E-state index in [1.165, 1.54) is 11.3 Å². The number of rotatable bonds is 2. The van der Waals surface area contributed by atoms with Crippen molar-refractivity contribution in [3.8, 4) is 16.3 Å². The Hall–Kier alpha value is -1.62. The summed E-state index contributed by atoms with van der Waals surface area (Å²) in [6, 6.07) is 5.92. The zero-order valence-electron chi connectivity index (χ0n) is 8.52. The summed E-state index contributed by atoms with van der Waals surface area (Å²) in [4.78, 5) is 0. The average molecular weight is 221 g/mol. The second kappa shape index (κ2) is 3.86. The fourth-order valence-electron chi connectivity index (χ4n) is 1.33. The van der Waals surface area contributed by atoms with Gasteiger partial charge in [0, 0.05) is 0 Å². The predicted molar refractivity (Wildman–Crippen MR) is 61.0 cm³/mol. The van der Waals surface area contributed by atoms with Gasteiger partial charge in [-0.05, 0) is 19.1 Å². The fourth-order valence-corrected chi connectivity index (χ4v) is 1.96. The molecule has 0 radical (unpaired) electrons. The van der Waals surface area contributed by atoms with Crippen LogP contribution in [0, 0.1) is 6.92 Å². The van der Waals surface area contributed by atoms with Crippen molar-refractivity contribution in [1.82, 2.24) is 10.2 Å². The van der Waals surface area contributed by atoms with Gasteiger partial charge < -0.3 is 10.5 Å². The third-order valence-electron chi connectivity index (χ3n) is 2.03. The molecule has 0 atom stereocenters. The lowest BCUT2D eigenvalue weighted by atomic mass is 10.1. The van der Waals surface area contributed by atoms with E-state index in [-0.39, 0.29) is 0 Å². The Bertz CT molecular complexity index is 481. The lowest BCUT2D eigenvalue weighted by Gasteiger charge is -2.05. The first kappa shape index (κ1) is 9.92. The minimum atomic E-state index is 0.466. The lowest BCUT2D eigenvalue weighted by Crippen LogP contribution is -1.88. The number of ether oxygens (including phenoxy) is 1. The van der Waals surface area contributed by atoms with Crippen molar-refractivity contribution >= 4 is 16.5 Å². The molecule has 2 rings (SSSR count). The highest BCUT2D eigenvalue weighted by molar-refractivity contribution is 7.18. The highest BCUT2D eigenvalue weighted by Gasteiger charge is 2.10. The van der Waals surface area contributed by atoms with E-state index in [0.717, 1.165) is 21.9 Å². The summed E-state index contributed by atoms with van der Waals surface area (Å²) in [5.41, 5.74) is 7.64. The summed E-state index contributed by atoms with van der Waals surface area (Å²) >= 11 is 1.35. The second-order valence-corrected chi connectivity index (χ2v) is 4.16. The van der Waals surface area contributed by atoms with Crippen molar-refractivity contribution in [3.63, 3.8) is 0 Å². The Morgan fingerprint density at radius 1 is 1.33 bits per heavy atom. The molecule has 0 spiro atoms. The predicted octanol–water partition coefficient (Wildman–Crippen LogP) is 2.10. The van der Waals surface area contributed by atoms with Crippen LogP contribution >= 0.6 is 11.3 Å². The summed E-state index contributed by atoms with van der Waals surface area (Å²) in [5, 5.41) is 9.04. The van der Waals surface area contributed by atoms with Crippen molar-refractivity contribution in [3.05, 3.63) is 23.8 Å². The van der Waals surface area contributed by atoms with E-state index in [4.69, 9.17) is 10.5 Å². The molecule has 0 aliphatic rings. The van der Waals surface area contributed by atoms with Crippen LogP contribution in [0.2, 0.25) is 0 Å². The molecular formula is C10H11N3OS. The quantitative estimate of drug-likeness (QED) is 0.843. The minimum Gasteiger partial charge on any atom is -0.496 e. The number of hydrogen-bond acceptors (Lipinski definition) is 5. The molecule has 0 unspecified atom stereocenters. The van der Waals surface area contributed by atoms with Crippen LogP contribution in [-0.2, 0) is 0 Å². The van der Waals surface area contributed by atoms with E-state index in [1.54, 1.807) is 7.11 Å². The SMILES string of the molecule is COc1ccc(C)cc1-c1nnc(N)s1. The number of nitrogens with zero attached hydrogens (tertiary/aromatic N) is 2. The molecule has 2 aromatic rings. The molecule has 1 aromatic heterocycles. The molecule has 2 N–H and O–H groups in total. The minimum absolute atomic E-state index is 0.466. The molecular weight excluding hydrogens is 210 g/mol. The smallest absolute Gasteiger partial charge is 0.203 e. The molecule has 0 saturated carbocycles. The Morgan fingerprint density at radius 3 is 2.73 bits per heavy atom. The summed E-state index contributed by atoms with van der Waals surface area (Å²) < 4.78 is 5.26. The van der Waals surface area contributed by atoms with Crippen LogP contribution in [0.3, 0.4) is 0 Å². The van der Waals surface area contributed by atoms with Gasteiger partial charge >= 0.3 is 0 Å². The van der Waals surface area contributed by atoms with Crippen molar-refractivity contribution < 1.29 is 4.74 Å². The molecule has 15 heavy (non-hydrogen) atoms. The standard InChI is InChI=1S/C10H11N3OS/c1-6-3-4-8(14-2)7(5-6)9-12-13-10(11)15-9/h3-5H,1-2H3,(H2,11,13). The first-order valence-corrected chi connectivity index (χ1v) is 5.26. The Kier molecular flexibility index (Phi) is 2.55. The summed E-state index contributed by atoms with van der Waals surface area (Å²) in [6.07, 6.45) is 0. The molecule has 1 aromatic carbocycles. The fraction of sp³-hybridized carbons (Fsp3) is 0.200. The Labute approximate surface area is 91.7 Å². The van der Waals surface area contributed by atoms with Gasteiger partial charge in [0.2, 0.25) is 5.13 Å². The number of hydrogen-bond donors (Lipinski definition) is 1. The topological polar surface area (TPSA) is 61.0 Å². The van der Waals surface area contributed by atoms with Gasteiger partial charge in [0.05, 0.1) is 12.7 Å². The van der Waals surface area contributed by atoms with Crippen LogP contribution in [0.1, 0.15) is 5.56 Å². The summed E-state index contributed by atoms with van der Waals surface area (Å²) in [5.74, 6) is 0.789. The normalized spacial score (nSPS) is 10.3. The van der Waals surface area contributed by atoms with Crippen molar-refractivity contribution in [1.29, 1.82) is 0 Å². The lowest BCUT2D eigenvalue weighted by molar-refractivity contribution is 0.416. The monoisotopic (exact) mass is 221 g/mol. The Morgan fingerprint density at radius 2 is 2.13 bits per heavy atom. The van der Waals surface area contributed by atoms with Gasteiger partial charge in [0.25, 0.3) is 0 Å². The summed E-state index contributed by atoms with van der Waals surface area (Å²) in [7, 11) is 1.64. The first-order valence-electron chi connectivity index (χ1n) is 4.44. The molecule has 0 aliphatic heterocycles. The van der Waals surface area contributed by atoms with Gasteiger partial charge in [-0.3, -0.25) is 0 Å². The average Bonchev–Trinajstić information content (AvgIpc) is 2.65. The molecule has 1 heterocycles. The van der Waals surface area contributed by atoms with Gasteiger partial charge in [-0.1, -0.05) is 23.0 Å². The molecule has 0 fully saturated rings. The molecule has 0 bridgehead atoms. The largest absolute Gasteiger partial charge is 0.496 e. The van der Waals surface area contributed by atoms with Crippen molar-refractivity contribution in [2.24, 2.45) is 0 Å². The molecule has 5 heteroatoms. The Balaban J connectivity index is 2.55. The molecule has 0 aliphatic carbocycles. The zero-order valence-corrected chi connectivity index (χ0v) is 9.34. The number of aromatic nitrogens is 2. The van der Waals surface area contributed by atoms with Gasteiger partial charge in [0.1, 0.15) is 5.75 Å². The van der Waals surface area contributed by atoms with Crippen LogP contribution in [0.4, 0.5) is 5.13 Å². The highest BCUT2D eigenvalue weighted by atomic mass is 32.1. The molecule has 4 nitrogen and oxygen atoms in total. The van der Waals surface area contributed by atoms with Crippen LogP contribution in [0.15, 0.2) is 18.2 Å². The van der Waals surface area contributed by atoms with Gasteiger partial charge in [0.15, 0.2) is 5.01 Å². The van der Waals surface area contributed by atoms with E-state index in [9.17, 15) is 0 Å².